The number of rotatable bonds is 3. The number of Topliss-reactive ketones (excluding diaryl/α,β-unsaturated/α-hetero) is 1. The second-order valence-electron chi connectivity index (χ2n) is 6.08. The molecule has 1 aliphatic heterocycles. The Kier molecular flexibility index (Phi) is 3.88. The summed E-state index contributed by atoms with van der Waals surface area (Å²) in [6, 6.07) is 9.81. The van der Waals surface area contributed by atoms with Gasteiger partial charge in [0.15, 0.2) is 23.0 Å². The number of ketones is 1. The van der Waals surface area contributed by atoms with Gasteiger partial charge in [0.05, 0.1) is 11.1 Å². The number of amides is 1. The summed E-state index contributed by atoms with van der Waals surface area (Å²) in [5, 5.41) is 7.62. The lowest BCUT2D eigenvalue weighted by molar-refractivity contribution is 0.101. The van der Waals surface area contributed by atoms with Crippen molar-refractivity contribution in [3.8, 4) is 11.5 Å². The van der Waals surface area contributed by atoms with Gasteiger partial charge < -0.3 is 14.8 Å². The van der Waals surface area contributed by atoms with E-state index in [0.29, 0.717) is 27.8 Å². The molecular weight excluding hydrogens is 350 g/mol. The molecule has 1 aliphatic rings. The Morgan fingerprint density at radius 1 is 1.11 bits per heavy atom. The second kappa shape index (κ2) is 6.24. The summed E-state index contributed by atoms with van der Waals surface area (Å²) in [6.07, 6.45) is 0. The summed E-state index contributed by atoms with van der Waals surface area (Å²) >= 11 is 0. The number of hydrogen-bond acceptors (Lipinski definition) is 6. The van der Waals surface area contributed by atoms with Crippen molar-refractivity contribution in [3.05, 3.63) is 58.0 Å². The van der Waals surface area contributed by atoms with E-state index >= 15 is 0 Å². The maximum atomic E-state index is 12.9. The topological polar surface area (TPSA) is 99.5 Å². The zero-order valence-corrected chi connectivity index (χ0v) is 14.6. The smallest absolute Gasteiger partial charge is 0.276 e. The summed E-state index contributed by atoms with van der Waals surface area (Å²) in [7, 11) is 1.48. The number of ether oxygens (including phenoxy) is 2. The van der Waals surface area contributed by atoms with Crippen LogP contribution < -0.4 is 20.3 Å². The molecule has 1 N–H and O–H groups in total. The molecule has 0 atom stereocenters. The van der Waals surface area contributed by atoms with Gasteiger partial charge in [-0.1, -0.05) is 18.2 Å². The molecule has 0 saturated heterocycles. The Bertz CT molecular complexity index is 1170. The van der Waals surface area contributed by atoms with E-state index in [9.17, 15) is 14.4 Å². The van der Waals surface area contributed by atoms with Gasteiger partial charge >= 0.3 is 0 Å². The molecule has 8 heteroatoms. The molecule has 1 amide bonds. The number of nitrogens with one attached hydrogen (secondary N) is 1. The number of aryl methyl sites for hydroxylation is 1. The van der Waals surface area contributed by atoms with Crippen LogP contribution in [0.3, 0.4) is 0 Å². The van der Waals surface area contributed by atoms with Crippen molar-refractivity contribution < 1.29 is 19.1 Å². The highest BCUT2D eigenvalue weighted by atomic mass is 16.7. The molecule has 1 aromatic heterocycles. The molecule has 27 heavy (non-hydrogen) atoms. The fourth-order valence-electron chi connectivity index (χ4n) is 2.99. The number of benzene rings is 2. The maximum absolute atomic E-state index is 12.9. The van der Waals surface area contributed by atoms with Crippen LogP contribution in [0.2, 0.25) is 0 Å². The van der Waals surface area contributed by atoms with Gasteiger partial charge in [-0.25, -0.2) is 4.68 Å². The highest BCUT2D eigenvalue weighted by Crippen LogP contribution is 2.37. The fraction of sp³-hybridized carbons (Fsp3) is 0.158. The lowest BCUT2D eigenvalue weighted by Crippen LogP contribution is -2.25. The van der Waals surface area contributed by atoms with E-state index in [1.54, 1.807) is 30.3 Å². The first-order chi connectivity index (χ1) is 13.0. The Balaban J connectivity index is 1.80. The molecule has 0 unspecified atom stereocenters. The fourth-order valence-corrected chi connectivity index (χ4v) is 2.99. The molecule has 0 fully saturated rings. The van der Waals surface area contributed by atoms with Crippen LogP contribution in [-0.2, 0) is 7.05 Å². The molecule has 4 rings (SSSR count). The van der Waals surface area contributed by atoms with Gasteiger partial charge in [0.25, 0.3) is 11.5 Å². The van der Waals surface area contributed by atoms with Gasteiger partial charge in [0.1, 0.15) is 0 Å². The number of carbonyl (C=O) groups is 2. The van der Waals surface area contributed by atoms with E-state index in [0.717, 1.165) is 4.68 Å². The van der Waals surface area contributed by atoms with Gasteiger partial charge in [-0.2, -0.15) is 5.10 Å². The van der Waals surface area contributed by atoms with Crippen molar-refractivity contribution in [2.24, 2.45) is 7.05 Å². The molecule has 8 nitrogen and oxygen atoms in total. The van der Waals surface area contributed by atoms with Gasteiger partial charge in [-0.05, 0) is 19.1 Å². The SMILES string of the molecule is CC(=O)c1cc2c(cc1NC(=O)c1nn(C)c(=O)c3ccccc13)OCO2. The van der Waals surface area contributed by atoms with Crippen molar-refractivity contribution in [1.82, 2.24) is 9.78 Å². The third-order valence-electron chi connectivity index (χ3n) is 4.31. The lowest BCUT2D eigenvalue weighted by Gasteiger charge is -2.12. The molecule has 0 radical (unpaired) electrons. The van der Waals surface area contributed by atoms with E-state index in [1.165, 1.54) is 20.0 Å². The van der Waals surface area contributed by atoms with Crippen molar-refractivity contribution in [1.29, 1.82) is 0 Å². The van der Waals surface area contributed by atoms with Crippen molar-refractivity contribution in [3.63, 3.8) is 0 Å². The average molecular weight is 365 g/mol. The van der Waals surface area contributed by atoms with E-state index in [2.05, 4.69) is 10.4 Å². The summed E-state index contributed by atoms with van der Waals surface area (Å²) in [5.41, 5.74) is 0.368. The Hall–Kier alpha value is -3.68. The number of anilines is 1. The van der Waals surface area contributed by atoms with Crippen LogP contribution in [0.25, 0.3) is 10.8 Å². The minimum atomic E-state index is -0.539. The normalized spacial score (nSPS) is 12.2. The highest BCUT2D eigenvalue weighted by Gasteiger charge is 2.22. The largest absolute Gasteiger partial charge is 0.454 e. The monoisotopic (exact) mass is 365 g/mol. The van der Waals surface area contributed by atoms with Crippen LogP contribution in [0.4, 0.5) is 5.69 Å². The van der Waals surface area contributed by atoms with Crippen LogP contribution in [0.1, 0.15) is 27.8 Å². The average Bonchev–Trinajstić information content (AvgIpc) is 3.11. The zero-order chi connectivity index (χ0) is 19.1. The van der Waals surface area contributed by atoms with Gasteiger partial charge in [-0.15, -0.1) is 0 Å². The molecule has 0 spiro atoms. The van der Waals surface area contributed by atoms with Crippen LogP contribution in [0.15, 0.2) is 41.2 Å². The van der Waals surface area contributed by atoms with Gasteiger partial charge in [0.2, 0.25) is 6.79 Å². The Labute approximate surface area is 153 Å². The number of carbonyl (C=O) groups excluding carboxylic acids is 2. The molecular formula is C19H15N3O5. The van der Waals surface area contributed by atoms with Crippen molar-refractivity contribution in [2.75, 3.05) is 12.1 Å². The maximum Gasteiger partial charge on any atom is 0.276 e. The highest BCUT2D eigenvalue weighted by molar-refractivity contribution is 6.13. The van der Waals surface area contributed by atoms with Crippen molar-refractivity contribution >= 4 is 28.2 Å². The molecule has 3 aromatic rings. The van der Waals surface area contributed by atoms with Crippen LogP contribution >= 0.6 is 0 Å². The molecule has 2 aromatic carbocycles. The second-order valence-corrected chi connectivity index (χ2v) is 6.08. The first-order valence-electron chi connectivity index (χ1n) is 8.17. The summed E-state index contributed by atoms with van der Waals surface area (Å²) in [6.45, 7) is 1.45. The van der Waals surface area contributed by atoms with Crippen molar-refractivity contribution in [2.45, 2.75) is 6.92 Å². The van der Waals surface area contributed by atoms with E-state index in [4.69, 9.17) is 9.47 Å². The molecule has 2 heterocycles. The number of aromatic nitrogens is 2. The number of hydrogen-bond donors (Lipinski definition) is 1. The zero-order valence-electron chi connectivity index (χ0n) is 14.6. The third-order valence-corrected chi connectivity index (χ3v) is 4.31. The number of nitrogens with zero attached hydrogens (tertiary/aromatic N) is 2. The van der Waals surface area contributed by atoms with E-state index < -0.39 is 5.91 Å². The Morgan fingerprint density at radius 3 is 2.48 bits per heavy atom. The van der Waals surface area contributed by atoms with E-state index in [1.807, 2.05) is 0 Å². The summed E-state index contributed by atoms with van der Waals surface area (Å²) in [4.78, 5) is 37.1. The number of fused-ring (bicyclic) bond motifs is 2. The molecule has 0 aliphatic carbocycles. The lowest BCUT2D eigenvalue weighted by atomic mass is 10.1. The predicted octanol–water partition coefficient (Wildman–Crippen LogP) is 2.12. The van der Waals surface area contributed by atoms with Crippen LogP contribution in [0.5, 0.6) is 11.5 Å². The summed E-state index contributed by atoms with van der Waals surface area (Å²) < 4.78 is 11.7. The third kappa shape index (κ3) is 2.80. The minimum absolute atomic E-state index is 0.0526. The predicted molar refractivity (Wildman–Crippen MR) is 97.5 cm³/mol. The Morgan fingerprint density at radius 2 is 1.78 bits per heavy atom. The molecule has 136 valence electrons. The minimum Gasteiger partial charge on any atom is -0.454 e. The van der Waals surface area contributed by atoms with Crippen LogP contribution in [0, 0.1) is 0 Å². The molecule has 0 bridgehead atoms. The quantitative estimate of drug-likeness (QED) is 0.714. The van der Waals surface area contributed by atoms with Gasteiger partial charge in [0, 0.05) is 24.1 Å². The summed E-state index contributed by atoms with van der Waals surface area (Å²) in [5.74, 6) is 0.113. The van der Waals surface area contributed by atoms with Gasteiger partial charge in [-0.3, -0.25) is 14.4 Å². The first kappa shape index (κ1) is 16.8. The van der Waals surface area contributed by atoms with E-state index in [-0.39, 0.29) is 29.5 Å². The molecule has 0 saturated carbocycles. The first-order valence-corrected chi connectivity index (χ1v) is 8.17. The van der Waals surface area contributed by atoms with Crippen LogP contribution in [-0.4, -0.2) is 28.3 Å². The standard InChI is InChI=1S/C19H15N3O5/c1-10(23)13-7-15-16(27-9-26-15)8-14(13)20-18(24)17-11-5-3-4-6-12(11)19(25)22(2)21-17/h3-8H,9H2,1-2H3,(H,20,24).